The summed E-state index contributed by atoms with van der Waals surface area (Å²) in [5, 5.41) is 0. The van der Waals surface area contributed by atoms with E-state index in [-0.39, 0.29) is 23.8 Å². The minimum atomic E-state index is -0.819. The number of benzene rings is 2. The molecule has 45 heavy (non-hydrogen) atoms. The molecule has 234 valence electrons. The molecule has 11 heteroatoms. The Balaban J connectivity index is 1.63. The molecule has 0 unspecified atom stereocenters. The van der Waals surface area contributed by atoms with Crippen molar-refractivity contribution in [3.63, 3.8) is 0 Å². The molecule has 4 aromatic rings. The van der Waals surface area contributed by atoms with Gasteiger partial charge in [-0.05, 0) is 76.1 Å². The van der Waals surface area contributed by atoms with E-state index in [4.69, 9.17) is 23.4 Å². The molecular weight excluding hydrogens is 596 g/mol. The zero-order chi connectivity index (χ0) is 32.4. The van der Waals surface area contributed by atoms with Crippen LogP contribution in [0.25, 0.3) is 17.4 Å². The van der Waals surface area contributed by atoms with E-state index in [9.17, 15) is 14.4 Å². The molecular formula is C34H34N2O8S. The van der Waals surface area contributed by atoms with E-state index in [0.717, 1.165) is 5.56 Å². The van der Waals surface area contributed by atoms with Gasteiger partial charge in [0.1, 0.15) is 11.5 Å². The van der Waals surface area contributed by atoms with Crippen LogP contribution in [-0.2, 0) is 14.3 Å². The van der Waals surface area contributed by atoms with Crippen molar-refractivity contribution in [2.45, 2.75) is 46.8 Å². The first-order chi connectivity index (χ1) is 21.6. The molecule has 0 radical (unpaired) electrons. The van der Waals surface area contributed by atoms with Gasteiger partial charge < -0.3 is 23.4 Å². The summed E-state index contributed by atoms with van der Waals surface area (Å²) in [5.74, 6) is 0.992. The Morgan fingerprint density at radius 3 is 2.53 bits per heavy atom. The van der Waals surface area contributed by atoms with E-state index in [2.05, 4.69) is 4.99 Å². The van der Waals surface area contributed by atoms with Crippen molar-refractivity contribution >= 4 is 29.4 Å². The van der Waals surface area contributed by atoms with Crippen LogP contribution in [0.3, 0.4) is 0 Å². The summed E-state index contributed by atoms with van der Waals surface area (Å²) >= 11 is 1.19. The smallest absolute Gasteiger partial charge is 0.338 e. The molecule has 1 atom stereocenters. The Morgan fingerprint density at radius 1 is 1.07 bits per heavy atom. The molecule has 0 amide bonds. The van der Waals surface area contributed by atoms with Gasteiger partial charge in [0.05, 0.1) is 54.3 Å². The van der Waals surface area contributed by atoms with Gasteiger partial charge in [-0.15, -0.1) is 0 Å². The lowest BCUT2D eigenvalue weighted by Crippen LogP contribution is -2.40. The average Bonchev–Trinajstić information content (AvgIpc) is 3.60. The van der Waals surface area contributed by atoms with Gasteiger partial charge in [0, 0.05) is 11.6 Å². The molecule has 0 N–H and O–H groups in total. The third-order valence-electron chi connectivity index (χ3n) is 7.29. The predicted octanol–water partition coefficient (Wildman–Crippen LogP) is 4.95. The quantitative estimate of drug-likeness (QED) is 0.239. The maximum absolute atomic E-state index is 14.0. The number of nitrogens with zero attached hydrogens (tertiary/aromatic N) is 2. The van der Waals surface area contributed by atoms with Crippen molar-refractivity contribution in [2.24, 2.45) is 4.99 Å². The van der Waals surface area contributed by atoms with E-state index >= 15 is 0 Å². The van der Waals surface area contributed by atoms with Crippen molar-refractivity contribution in [2.75, 3.05) is 20.8 Å². The summed E-state index contributed by atoms with van der Waals surface area (Å²) in [5.41, 5.74) is 2.88. The third kappa shape index (κ3) is 6.08. The average molecular weight is 631 g/mol. The molecule has 2 aromatic carbocycles. The van der Waals surface area contributed by atoms with E-state index in [1.165, 1.54) is 30.1 Å². The number of thiazole rings is 1. The van der Waals surface area contributed by atoms with Crippen molar-refractivity contribution in [3.05, 3.63) is 102 Å². The number of furan rings is 1. The molecule has 0 spiro atoms. The van der Waals surface area contributed by atoms with E-state index in [0.29, 0.717) is 54.7 Å². The zero-order valence-electron chi connectivity index (χ0n) is 26.1. The van der Waals surface area contributed by atoms with Gasteiger partial charge in [0.2, 0.25) is 0 Å². The second-order valence-electron chi connectivity index (χ2n) is 10.6. The van der Waals surface area contributed by atoms with Gasteiger partial charge >= 0.3 is 11.9 Å². The molecule has 10 nitrogen and oxygen atoms in total. The number of esters is 2. The highest BCUT2D eigenvalue weighted by atomic mass is 32.1. The van der Waals surface area contributed by atoms with Crippen molar-refractivity contribution < 1.29 is 33.0 Å². The summed E-state index contributed by atoms with van der Waals surface area (Å²) in [7, 11) is 2.87. The number of carbonyl (C=O) groups excluding carboxylic acids is 2. The molecule has 5 rings (SSSR count). The van der Waals surface area contributed by atoms with Crippen LogP contribution in [0.4, 0.5) is 0 Å². The second kappa shape index (κ2) is 13.0. The van der Waals surface area contributed by atoms with Gasteiger partial charge in [-0.3, -0.25) is 9.36 Å². The predicted molar refractivity (Wildman–Crippen MR) is 169 cm³/mol. The SMILES string of the molecule is CCOC(=O)C1=C(C)N=c2s/c(=C\c3ccc(-c4cccc(C(=O)OC)c4C)o3)c(=O)n2[C@H]1c1ccc(OC(C)C)c(OC)c1. The van der Waals surface area contributed by atoms with Crippen molar-refractivity contribution in [3.8, 4) is 22.8 Å². The Bertz CT molecular complexity index is 2000. The largest absolute Gasteiger partial charge is 0.493 e. The molecule has 0 saturated carbocycles. The normalized spacial score (nSPS) is 14.7. The summed E-state index contributed by atoms with van der Waals surface area (Å²) in [6.45, 7) is 9.27. The standard InChI is InChI=1S/C34H34N2O8S/c1-8-42-33(39)29-20(5)35-34-36(30(29)21-12-14-26(43-18(2)3)27(16-21)40-6)31(37)28(45-34)17-22-13-15-25(44-22)23-10-9-11-24(19(23)4)32(38)41-7/h9-18,30H,8H2,1-7H3/b28-17-/t30-/m0/s1. The number of hydrogen-bond acceptors (Lipinski definition) is 10. The lowest BCUT2D eigenvalue weighted by atomic mass is 9.95. The van der Waals surface area contributed by atoms with Crippen LogP contribution >= 0.6 is 11.3 Å². The highest BCUT2D eigenvalue weighted by molar-refractivity contribution is 7.07. The lowest BCUT2D eigenvalue weighted by Gasteiger charge is -2.25. The molecule has 1 aliphatic rings. The molecule has 0 bridgehead atoms. The number of hydrogen-bond donors (Lipinski definition) is 0. The maximum atomic E-state index is 14.0. The van der Waals surface area contributed by atoms with Crippen LogP contribution in [0.15, 0.2) is 74.0 Å². The van der Waals surface area contributed by atoms with E-state index in [1.54, 1.807) is 56.3 Å². The Labute approximate surface area is 263 Å². The number of rotatable bonds is 9. The van der Waals surface area contributed by atoms with Crippen LogP contribution < -0.4 is 24.4 Å². The van der Waals surface area contributed by atoms with Crippen LogP contribution in [0.1, 0.15) is 61.0 Å². The number of allylic oxidation sites excluding steroid dienone is 1. The number of carbonyl (C=O) groups is 2. The molecule has 1 aliphatic heterocycles. The summed E-state index contributed by atoms with van der Waals surface area (Å²) in [6, 6.07) is 13.4. The van der Waals surface area contributed by atoms with Crippen molar-refractivity contribution in [1.82, 2.24) is 4.57 Å². The Kier molecular flexibility index (Phi) is 9.10. The summed E-state index contributed by atoms with van der Waals surface area (Å²) in [6.07, 6.45) is 1.57. The lowest BCUT2D eigenvalue weighted by molar-refractivity contribution is -0.139. The second-order valence-corrected chi connectivity index (χ2v) is 11.6. The minimum Gasteiger partial charge on any atom is -0.493 e. The van der Waals surface area contributed by atoms with Crippen LogP contribution in [0.5, 0.6) is 11.5 Å². The van der Waals surface area contributed by atoms with Crippen molar-refractivity contribution in [1.29, 1.82) is 0 Å². The molecule has 3 heterocycles. The van der Waals surface area contributed by atoms with Gasteiger partial charge in [0.25, 0.3) is 5.56 Å². The summed E-state index contributed by atoms with van der Waals surface area (Å²) < 4.78 is 29.8. The monoisotopic (exact) mass is 630 g/mol. The van der Waals surface area contributed by atoms with Gasteiger partial charge in [-0.25, -0.2) is 14.6 Å². The number of methoxy groups -OCH3 is 2. The maximum Gasteiger partial charge on any atom is 0.338 e. The molecule has 0 saturated heterocycles. The first-order valence-corrected chi connectivity index (χ1v) is 15.2. The molecule has 0 fully saturated rings. The van der Waals surface area contributed by atoms with Gasteiger partial charge in [-0.2, -0.15) is 0 Å². The minimum absolute atomic E-state index is 0.0810. The topological polar surface area (TPSA) is 119 Å². The van der Waals surface area contributed by atoms with Gasteiger partial charge in [-0.1, -0.05) is 29.5 Å². The number of fused-ring (bicyclic) bond motifs is 1. The number of ether oxygens (including phenoxy) is 4. The Hall–Kier alpha value is -4.90. The Morgan fingerprint density at radius 2 is 1.84 bits per heavy atom. The van der Waals surface area contributed by atoms with E-state index in [1.807, 2.05) is 32.9 Å². The van der Waals surface area contributed by atoms with Crippen LogP contribution in [-0.4, -0.2) is 43.4 Å². The van der Waals surface area contributed by atoms with Crippen LogP contribution in [0.2, 0.25) is 0 Å². The fraction of sp³-hybridized carbons (Fsp3) is 0.294. The zero-order valence-corrected chi connectivity index (χ0v) is 26.9. The number of aromatic nitrogens is 1. The van der Waals surface area contributed by atoms with Gasteiger partial charge in [0.15, 0.2) is 16.3 Å². The highest BCUT2D eigenvalue weighted by Gasteiger charge is 2.34. The highest BCUT2D eigenvalue weighted by Crippen LogP contribution is 2.36. The third-order valence-corrected chi connectivity index (χ3v) is 8.27. The van der Waals surface area contributed by atoms with E-state index < -0.39 is 18.0 Å². The molecule has 0 aliphatic carbocycles. The summed E-state index contributed by atoms with van der Waals surface area (Å²) in [4.78, 5) is 44.6. The van der Waals surface area contributed by atoms with Crippen LogP contribution in [0, 0.1) is 6.92 Å². The fourth-order valence-electron chi connectivity index (χ4n) is 5.25. The molecule has 2 aromatic heterocycles. The first kappa shape index (κ1) is 31.5. The first-order valence-electron chi connectivity index (χ1n) is 14.4. The fourth-order valence-corrected chi connectivity index (χ4v) is 6.28.